The standard InChI is InChI=1S/C14H12O2/c1-3-6-12(2)7-4-5-8-13-9-10-14(11-15)16-13/h3,6,9-10,15H,1,11H2,2H3/b12-6+. The number of hydrogen-bond donors (Lipinski definition) is 1. The zero-order valence-electron chi connectivity index (χ0n) is 9.08. The topological polar surface area (TPSA) is 33.4 Å². The maximum Gasteiger partial charge on any atom is 0.178 e. The Balaban J connectivity index is 2.68. The third-order valence-corrected chi connectivity index (χ3v) is 1.69. The summed E-state index contributed by atoms with van der Waals surface area (Å²) >= 11 is 0. The molecule has 80 valence electrons. The lowest BCUT2D eigenvalue weighted by Gasteiger charge is -1.83. The molecule has 1 N–H and O–H groups in total. The van der Waals surface area contributed by atoms with Gasteiger partial charge in [-0.25, -0.2) is 0 Å². The molecule has 2 heteroatoms. The molecule has 1 rings (SSSR count). The van der Waals surface area contributed by atoms with Gasteiger partial charge in [-0.05, 0) is 42.4 Å². The molecule has 2 nitrogen and oxygen atoms in total. The van der Waals surface area contributed by atoms with Crippen LogP contribution in [0.1, 0.15) is 18.4 Å². The number of aliphatic hydroxyl groups is 1. The molecule has 0 atom stereocenters. The van der Waals surface area contributed by atoms with Crippen molar-refractivity contribution in [2.75, 3.05) is 0 Å². The van der Waals surface area contributed by atoms with Crippen LogP contribution in [0.5, 0.6) is 0 Å². The summed E-state index contributed by atoms with van der Waals surface area (Å²) in [5, 5.41) is 8.77. The van der Waals surface area contributed by atoms with Gasteiger partial charge in [0.1, 0.15) is 12.4 Å². The number of hydrogen-bond acceptors (Lipinski definition) is 2. The van der Waals surface area contributed by atoms with Crippen molar-refractivity contribution >= 4 is 0 Å². The van der Waals surface area contributed by atoms with Gasteiger partial charge in [0.15, 0.2) is 5.76 Å². The molecule has 0 fully saturated rings. The fourth-order valence-electron chi connectivity index (χ4n) is 0.971. The molecular weight excluding hydrogens is 200 g/mol. The van der Waals surface area contributed by atoms with Crippen molar-refractivity contribution in [3.05, 3.63) is 48.0 Å². The molecule has 0 bridgehead atoms. The van der Waals surface area contributed by atoms with E-state index in [9.17, 15) is 0 Å². The third-order valence-electron chi connectivity index (χ3n) is 1.69. The van der Waals surface area contributed by atoms with Gasteiger partial charge in [0.05, 0.1) is 0 Å². The normalized spacial score (nSPS) is 9.75. The highest BCUT2D eigenvalue weighted by Crippen LogP contribution is 2.05. The highest BCUT2D eigenvalue weighted by Gasteiger charge is 1.95. The first-order valence-corrected chi connectivity index (χ1v) is 4.77. The monoisotopic (exact) mass is 212 g/mol. The van der Waals surface area contributed by atoms with E-state index in [0.717, 1.165) is 5.57 Å². The molecule has 0 aliphatic carbocycles. The van der Waals surface area contributed by atoms with Crippen molar-refractivity contribution in [1.82, 2.24) is 0 Å². The minimum atomic E-state index is -0.117. The van der Waals surface area contributed by atoms with E-state index in [1.54, 1.807) is 18.2 Å². The molecule has 0 radical (unpaired) electrons. The van der Waals surface area contributed by atoms with Crippen LogP contribution in [0.25, 0.3) is 0 Å². The van der Waals surface area contributed by atoms with Crippen molar-refractivity contribution < 1.29 is 9.52 Å². The van der Waals surface area contributed by atoms with E-state index in [1.807, 2.05) is 13.0 Å². The van der Waals surface area contributed by atoms with Gasteiger partial charge in [-0.15, -0.1) is 0 Å². The Morgan fingerprint density at radius 1 is 1.50 bits per heavy atom. The fraction of sp³-hybridized carbons (Fsp3) is 0.143. The van der Waals surface area contributed by atoms with Crippen molar-refractivity contribution in [2.24, 2.45) is 0 Å². The number of rotatable bonds is 2. The van der Waals surface area contributed by atoms with Gasteiger partial charge < -0.3 is 9.52 Å². The molecule has 0 amide bonds. The average Bonchev–Trinajstić information content (AvgIpc) is 2.73. The quantitative estimate of drug-likeness (QED) is 0.602. The molecule has 0 saturated heterocycles. The van der Waals surface area contributed by atoms with E-state index < -0.39 is 0 Å². The zero-order chi connectivity index (χ0) is 11.8. The van der Waals surface area contributed by atoms with Gasteiger partial charge >= 0.3 is 0 Å². The Morgan fingerprint density at radius 2 is 2.31 bits per heavy atom. The molecule has 1 aromatic heterocycles. The first-order chi connectivity index (χ1) is 7.76. The van der Waals surface area contributed by atoms with E-state index in [-0.39, 0.29) is 6.61 Å². The second-order valence-corrected chi connectivity index (χ2v) is 3.01. The van der Waals surface area contributed by atoms with Gasteiger partial charge in [-0.1, -0.05) is 24.7 Å². The molecule has 0 aromatic carbocycles. The molecule has 0 spiro atoms. The Labute approximate surface area is 95.3 Å². The Morgan fingerprint density at radius 3 is 2.94 bits per heavy atom. The molecule has 0 aliphatic rings. The van der Waals surface area contributed by atoms with Crippen LogP contribution in [0, 0.1) is 23.7 Å². The van der Waals surface area contributed by atoms with Gasteiger partial charge in [-0.3, -0.25) is 0 Å². The first-order valence-electron chi connectivity index (χ1n) is 4.77. The van der Waals surface area contributed by atoms with Gasteiger partial charge in [0.25, 0.3) is 0 Å². The summed E-state index contributed by atoms with van der Waals surface area (Å²) in [7, 11) is 0. The second-order valence-electron chi connectivity index (χ2n) is 3.01. The summed E-state index contributed by atoms with van der Waals surface area (Å²) in [6.07, 6.45) is 3.49. The lowest BCUT2D eigenvalue weighted by Crippen LogP contribution is -1.73. The molecule has 0 unspecified atom stereocenters. The second kappa shape index (κ2) is 6.35. The Bertz CT molecular complexity index is 510. The van der Waals surface area contributed by atoms with E-state index in [0.29, 0.717) is 11.5 Å². The number of furan rings is 1. The molecule has 16 heavy (non-hydrogen) atoms. The van der Waals surface area contributed by atoms with Crippen LogP contribution in [0.4, 0.5) is 0 Å². The van der Waals surface area contributed by atoms with Crippen LogP contribution < -0.4 is 0 Å². The van der Waals surface area contributed by atoms with Crippen LogP contribution in [0.15, 0.2) is 40.9 Å². The van der Waals surface area contributed by atoms with Crippen LogP contribution in [0.3, 0.4) is 0 Å². The SMILES string of the molecule is C=C/C=C(\C)C#CC#Cc1ccc(CO)o1. The third kappa shape index (κ3) is 3.92. The Hall–Kier alpha value is -2.16. The van der Waals surface area contributed by atoms with Crippen LogP contribution in [-0.4, -0.2) is 5.11 Å². The maximum atomic E-state index is 8.77. The molecule has 1 heterocycles. The lowest BCUT2D eigenvalue weighted by atomic mass is 10.3. The lowest BCUT2D eigenvalue weighted by molar-refractivity contribution is 0.246. The minimum Gasteiger partial charge on any atom is -0.450 e. The summed E-state index contributed by atoms with van der Waals surface area (Å²) in [6, 6.07) is 3.38. The minimum absolute atomic E-state index is 0.117. The zero-order valence-corrected chi connectivity index (χ0v) is 9.08. The summed E-state index contributed by atoms with van der Waals surface area (Å²) < 4.78 is 5.17. The van der Waals surface area contributed by atoms with Crippen LogP contribution in [-0.2, 0) is 6.61 Å². The van der Waals surface area contributed by atoms with E-state index in [1.165, 1.54) is 0 Å². The van der Waals surface area contributed by atoms with E-state index >= 15 is 0 Å². The first kappa shape index (κ1) is 11.9. The van der Waals surface area contributed by atoms with Gasteiger partial charge in [0, 0.05) is 0 Å². The van der Waals surface area contributed by atoms with E-state index in [4.69, 9.17) is 9.52 Å². The molecule has 0 saturated carbocycles. The average molecular weight is 212 g/mol. The van der Waals surface area contributed by atoms with E-state index in [2.05, 4.69) is 30.3 Å². The maximum absolute atomic E-state index is 8.77. The summed E-state index contributed by atoms with van der Waals surface area (Å²) in [6.45, 7) is 5.34. The molecular formula is C14H12O2. The predicted octanol–water partition coefficient (Wildman–Crippen LogP) is 2.26. The van der Waals surface area contributed by atoms with Crippen LogP contribution in [0.2, 0.25) is 0 Å². The van der Waals surface area contributed by atoms with Crippen molar-refractivity contribution in [3.63, 3.8) is 0 Å². The Kier molecular flexibility index (Phi) is 4.73. The summed E-state index contributed by atoms with van der Waals surface area (Å²) in [4.78, 5) is 0. The number of aliphatic hydroxyl groups excluding tert-OH is 1. The molecule has 0 aliphatic heterocycles. The predicted molar refractivity (Wildman–Crippen MR) is 63.2 cm³/mol. The van der Waals surface area contributed by atoms with Crippen molar-refractivity contribution in [2.45, 2.75) is 13.5 Å². The highest BCUT2D eigenvalue weighted by molar-refractivity contribution is 5.40. The van der Waals surface area contributed by atoms with Gasteiger partial charge in [0.2, 0.25) is 0 Å². The smallest absolute Gasteiger partial charge is 0.178 e. The molecule has 1 aromatic rings. The van der Waals surface area contributed by atoms with Crippen LogP contribution >= 0.6 is 0 Å². The van der Waals surface area contributed by atoms with Crippen molar-refractivity contribution in [1.29, 1.82) is 0 Å². The fourth-order valence-corrected chi connectivity index (χ4v) is 0.971. The van der Waals surface area contributed by atoms with Gasteiger partial charge in [-0.2, -0.15) is 0 Å². The number of allylic oxidation sites excluding steroid dienone is 3. The van der Waals surface area contributed by atoms with Crippen molar-refractivity contribution in [3.8, 4) is 23.7 Å². The summed E-state index contributed by atoms with van der Waals surface area (Å²) in [5.74, 6) is 12.0. The largest absolute Gasteiger partial charge is 0.450 e. The summed E-state index contributed by atoms with van der Waals surface area (Å²) in [5.41, 5.74) is 0.903. The highest BCUT2D eigenvalue weighted by atomic mass is 16.4.